The van der Waals surface area contributed by atoms with E-state index in [0.29, 0.717) is 23.8 Å². The molecule has 5 nitrogen and oxygen atoms in total. The number of hydrogen-bond donors (Lipinski definition) is 3. The van der Waals surface area contributed by atoms with Crippen LogP contribution in [0.4, 0.5) is 5.69 Å². The normalized spacial score (nSPS) is 39.0. The van der Waals surface area contributed by atoms with Gasteiger partial charge in [0.25, 0.3) is 5.91 Å². The van der Waals surface area contributed by atoms with Crippen molar-refractivity contribution in [1.29, 1.82) is 0 Å². The Labute approximate surface area is 167 Å². The summed E-state index contributed by atoms with van der Waals surface area (Å²) in [4.78, 5) is 25.8. The van der Waals surface area contributed by atoms with E-state index in [9.17, 15) is 9.59 Å². The molecule has 3 N–H and O–H groups in total. The molecule has 6 atom stereocenters. The van der Waals surface area contributed by atoms with E-state index in [1.54, 1.807) is 0 Å². The molecule has 1 heterocycles. The van der Waals surface area contributed by atoms with Gasteiger partial charge in [0.2, 0.25) is 5.91 Å². The maximum Gasteiger partial charge on any atom is 0.255 e. The number of para-hydroxylation sites is 1. The largest absolute Gasteiger partial charge is 0.362 e. The number of rotatable bonds is 2. The average molecular weight is 382 g/mol. The Balaban J connectivity index is 1.32. The van der Waals surface area contributed by atoms with Crippen LogP contribution in [0.2, 0.25) is 0 Å². The van der Waals surface area contributed by atoms with Gasteiger partial charge in [0.05, 0.1) is 5.56 Å². The fourth-order valence-electron chi connectivity index (χ4n) is 6.28. The molecule has 1 aromatic carbocycles. The number of benzene rings is 1. The molecule has 2 amide bonds. The van der Waals surface area contributed by atoms with Crippen LogP contribution in [0.1, 0.15) is 68.6 Å². The van der Waals surface area contributed by atoms with Crippen molar-refractivity contribution in [3.63, 3.8) is 0 Å². The summed E-state index contributed by atoms with van der Waals surface area (Å²) in [6, 6.07) is 8.08. The Hall–Kier alpha value is -2.04. The number of anilines is 1. The van der Waals surface area contributed by atoms with Crippen molar-refractivity contribution in [2.45, 2.75) is 70.0 Å². The van der Waals surface area contributed by atoms with Crippen molar-refractivity contribution < 1.29 is 9.59 Å². The van der Waals surface area contributed by atoms with Crippen LogP contribution in [0.5, 0.6) is 0 Å². The van der Waals surface area contributed by atoms with Crippen molar-refractivity contribution in [3.8, 4) is 0 Å². The zero-order valence-corrected chi connectivity index (χ0v) is 16.7. The van der Waals surface area contributed by atoms with Crippen LogP contribution in [-0.2, 0) is 4.79 Å². The molecule has 28 heavy (non-hydrogen) atoms. The first-order valence-corrected chi connectivity index (χ1v) is 11.1. The monoisotopic (exact) mass is 381 g/mol. The standard InChI is InChI=1S/C23H31N3O2/c1-14-6-2-4-8-19(14)24-21(27)18-12-16-11-10-15(18)13-23(16)25-20-9-5-3-7-17(20)22(28)26-23/h3,5,7,9,14-16,18-19,25H,2,4,6,8,10-13H2,1H3,(H,24,27)(H,26,28)/t14-,15+,16-,18+,19+,23-/m1/s1. The van der Waals surface area contributed by atoms with Crippen molar-refractivity contribution in [2.75, 3.05) is 5.32 Å². The molecule has 2 bridgehead atoms. The molecule has 1 aromatic rings. The number of carbonyl (C=O) groups excluding carboxylic acids is 2. The summed E-state index contributed by atoms with van der Waals surface area (Å²) in [6.07, 6.45) is 8.73. The number of carbonyl (C=O) groups is 2. The highest BCUT2D eigenvalue weighted by Crippen LogP contribution is 2.51. The molecule has 0 aromatic heterocycles. The van der Waals surface area contributed by atoms with Crippen LogP contribution in [0, 0.1) is 23.7 Å². The molecule has 4 saturated carbocycles. The number of hydrogen-bond acceptors (Lipinski definition) is 3. The summed E-state index contributed by atoms with van der Waals surface area (Å²) in [6.45, 7) is 2.27. The molecule has 0 radical (unpaired) electrons. The lowest BCUT2D eigenvalue weighted by atomic mass is 9.58. The molecule has 1 spiro atoms. The molecule has 150 valence electrons. The highest BCUT2D eigenvalue weighted by molar-refractivity contribution is 6.02. The molecule has 6 rings (SSSR count). The van der Waals surface area contributed by atoms with E-state index in [-0.39, 0.29) is 23.4 Å². The van der Waals surface area contributed by atoms with Crippen LogP contribution in [0.25, 0.3) is 0 Å². The van der Waals surface area contributed by atoms with Gasteiger partial charge in [-0.2, -0.15) is 0 Å². The molecule has 4 fully saturated rings. The molecule has 1 aliphatic heterocycles. The van der Waals surface area contributed by atoms with Crippen molar-refractivity contribution in [2.24, 2.45) is 23.7 Å². The lowest BCUT2D eigenvalue weighted by molar-refractivity contribution is -0.133. The van der Waals surface area contributed by atoms with E-state index >= 15 is 0 Å². The summed E-state index contributed by atoms with van der Waals surface area (Å²) in [7, 11) is 0. The van der Waals surface area contributed by atoms with Gasteiger partial charge in [-0.25, -0.2) is 0 Å². The second-order valence-electron chi connectivity index (χ2n) is 9.55. The zero-order valence-electron chi connectivity index (χ0n) is 16.7. The van der Waals surface area contributed by atoms with Gasteiger partial charge in [0, 0.05) is 23.6 Å². The third-order valence-corrected chi connectivity index (χ3v) is 7.92. The van der Waals surface area contributed by atoms with E-state index in [0.717, 1.165) is 43.4 Å². The Morgan fingerprint density at radius 1 is 1.11 bits per heavy atom. The quantitative estimate of drug-likeness (QED) is 0.732. The molecular formula is C23H31N3O2. The van der Waals surface area contributed by atoms with Crippen LogP contribution in [0.3, 0.4) is 0 Å². The second-order valence-corrected chi connectivity index (χ2v) is 9.55. The summed E-state index contributed by atoms with van der Waals surface area (Å²) in [5.74, 6) is 1.58. The van der Waals surface area contributed by atoms with Crippen LogP contribution in [0.15, 0.2) is 24.3 Å². The predicted molar refractivity (Wildman–Crippen MR) is 109 cm³/mol. The van der Waals surface area contributed by atoms with Gasteiger partial charge in [-0.1, -0.05) is 31.9 Å². The van der Waals surface area contributed by atoms with Gasteiger partial charge in [0.1, 0.15) is 5.66 Å². The maximum atomic E-state index is 13.1. The molecule has 4 aliphatic carbocycles. The second kappa shape index (κ2) is 6.78. The highest BCUT2D eigenvalue weighted by atomic mass is 16.2. The number of nitrogens with one attached hydrogen (secondary N) is 3. The predicted octanol–water partition coefficient (Wildman–Crippen LogP) is 3.67. The average Bonchev–Trinajstić information content (AvgIpc) is 2.70. The van der Waals surface area contributed by atoms with E-state index in [4.69, 9.17) is 0 Å². The Morgan fingerprint density at radius 2 is 1.93 bits per heavy atom. The highest BCUT2D eigenvalue weighted by Gasteiger charge is 2.55. The maximum absolute atomic E-state index is 13.1. The lowest BCUT2D eigenvalue weighted by Gasteiger charge is -2.56. The van der Waals surface area contributed by atoms with E-state index in [1.165, 1.54) is 19.3 Å². The first kappa shape index (κ1) is 18.0. The molecular weight excluding hydrogens is 350 g/mol. The van der Waals surface area contributed by atoms with Crippen LogP contribution < -0.4 is 16.0 Å². The fraction of sp³-hybridized carbons (Fsp3) is 0.652. The minimum atomic E-state index is -0.386. The van der Waals surface area contributed by atoms with Gasteiger partial charge in [-0.05, 0) is 62.5 Å². The zero-order chi connectivity index (χ0) is 19.3. The fourth-order valence-corrected chi connectivity index (χ4v) is 6.28. The topological polar surface area (TPSA) is 70.2 Å². The summed E-state index contributed by atoms with van der Waals surface area (Å²) >= 11 is 0. The third kappa shape index (κ3) is 2.90. The van der Waals surface area contributed by atoms with E-state index in [2.05, 4.69) is 22.9 Å². The number of fused-ring (bicyclic) bond motifs is 3. The van der Waals surface area contributed by atoms with Gasteiger partial charge >= 0.3 is 0 Å². The van der Waals surface area contributed by atoms with Gasteiger partial charge < -0.3 is 16.0 Å². The minimum absolute atomic E-state index is 0.0129. The van der Waals surface area contributed by atoms with Gasteiger partial charge in [-0.3, -0.25) is 9.59 Å². The van der Waals surface area contributed by atoms with Crippen molar-refractivity contribution in [3.05, 3.63) is 29.8 Å². The molecule has 5 aliphatic rings. The van der Waals surface area contributed by atoms with E-state index < -0.39 is 0 Å². The molecule has 0 unspecified atom stereocenters. The Kier molecular flexibility index (Phi) is 4.37. The summed E-state index contributed by atoms with van der Waals surface area (Å²) in [5, 5.41) is 10.3. The van der Waals surface area contributed by atoms with Crippen molar-refractivity contribution in [1.82, 2.24) is 10.6 Å². The van der Waals surface area contributed by atoms with Crippen LogP contribution in [-0.4, -0.2) is 23.5 Å². The molecule has 0 saturated heterocycles. The van der Waals surface area contributed by atoms with Crippen molar-refractivity contribution >= 4 is 17.5 Å². The van der Waals surface area contributed by atoms with E-state index in [1.807, 2.05) is 24.3 Å². The summed E-state index contributed by atoms with van der Waals surface area (Å²) in [5.41, 5.74) is 1.26. The smallest absolute Gasteiger partial charge is 0.255 e. The first-order valence-electron chi connectivity index (χ1n) is 11.1. The minimum Gasteiger partial charge on any atom is -0.362 e. The Bertz CT molecular complexity index is 794. The molecule has 5 heteroatoms. The third-order valence-electron chi connectivity index (χ3n) is 7.92. The van der Waals surface area contributed by atoms with Gasteiger partial charge in [-0.15, -0.1) is 0 Å². The summed E-state index contributed by atoms with van der Waals surface area (Å²) < 4.78 is 0. The van der Waals surface area contributed by atoms with Gasteiger partial charge in [0.15, 0.2) is 0 Å². The number of amides is 2. The first-order chi connectivity index (χ1) is 13.6. The SMILES string of the molecule is C[C@@H]1CCCC[C@@H]1NC(=O)[C@H]1C[C@H]2CC[C@H]1C[C@@]21NC(=O)c2ccccc2N1. The van der Waals surface area contributed by atoms with Crippen LogP contribution >= 0.6 is 0 Å². The lowest BCUT2D eigenvalue weighted by Crippen LogP contribution is -2.68. The Morgan fingerprint density at radius 3 is 2.71 bits per heavy atom.